The fourth-order valence-corrected chi connectivity index (χ4v) is 4.19. The number of hydrogen-bond donors (Lipinski definition) is 1. The Morgan fingerprint density at radius 1 is 1.12 bits per heavy atom. The first-order valence-electron chi connectivity index (χ1n) is 10.5. The molecule has 10 heteroatoms. The number of halogens is 2. The van der Waals surface area contributed by atoms with Crippen molar-refractivity contribution in [1.82, 2.24) is 10.2 Å². The average Bonchev–Trinajstić information content (AvgIpc) is 2.75. The van der Waals surface area contributed by atoms with Crippen LogP contribution in [0.15, 0.2) is 48.5 Å². The molecule has 0 fully saturated rings. The largest absolute Gasteiger partial charge is 0.352 e. The molecule has 0 saturated heterocycles. The maximum atomic E-state index is 14.4. The van der Waals surface area contributed by atoms with E-state index >= 15 is 0 Å². The molecule has 0 aliphatic rings. The van der Waals surface area contributed by atoms with Crippen molar-refractivity contribution in [3.63, 3.8) is 0 Å². The van der Waals surface area contributed by atoms with Crippen LogP contribution in [0.1, 0.15) is 32.8 Å². The first kappa shape index (κ1) is 26.6. The third-order valence-electron chi connectivity index (χ3n) is 5.21. The van der Waals surface area contributed by atoms with Gasteiger partial charge < -0.3 is 10.2 Å². The van der Waals surface area contributed by atoms with E-state index in [4.69, 9.17) is 11.6 Å². The molecule has 0 radical (unpaired) electrons. The highest BCUT2D eigenvalue weighted by molar-refractivity contribution is 7.92. The number of sulfonamides is 1. The van der Waals surface area contributed by atoms with E-state index in [1.165, 1.54) is 23.1 Å². The van der Waals surface area contributed by atoms with Crippen molar-refractivity contribution in [2.45, 2.75) is 45.8 Å². The predicted molar refractivity (Wildman–Crippen MR) is 128 cm³/mol. The molecule has 0 spiro atoms. The van der Waals surface area contributed by atoms with Crippen molar-refractivity contribution in [2.75, 3.05) is 17.1 Å². The predicted octanol–water partition coefficient (Wildman–Crippen LogP) is 3.58. The molecule has 33 heavy (non-hydrogen) atoms. The minimum atomic E-state index is -3.99. The number of amides is 2. The molecule has 180 valence electrons. The SMILES string of the molecule is CC[C@H](C)NC(=O)[C@H](C)N(Cc1cccc(Cl)c1)C(=O)CN(c1ccccc1F)S(C)(=O)=O. The molecule has 0 aromatic heterocycles. The quantitative estimate of drug-likeness (QED) is 0.543. The highest BCUT2D eigenvalue weighted by atomic mass is 35.5. The molecule has 2 aromatic rings. The molecule has 0 bridgehead atoms. The van der Waals surface area contributed by atoms with E-state index in [1.54, 1.807) is 31.2 Å². The number of nitrogens with zero attached hydrogens (tertiary/aromatic N) is 2. The summed E-state index contributed by atoms with van der Waals surface area (Å²) in [5.41, 5.74) is 0.420. The van der Waals surface area contributed by atoms with Crippen LogP contribution in [-0.2, 0) is 26.2 Å². The van der Waals surface area contributed by atoms with Crippen molar-refractivity contribution in [3.05, 3.63) is 64.9 Å². The molecule has 2 atom stereocenters. The van der Waals surface area contributed by atoms with Gasteiger partial charge in [0.05, 0.1) is 11.9 Å². The Morgan fingerprint density at radius 2 is 1.79 bits per heavy atom. The normalized spacial score (nSPS) is 13.2. The fourth-order valence-electron chi connectivity index (χ4n) is 3.13. The molecule has 2 aromatic carbocycles. The van der Waals surface area contributed by atoms with Crippen LogP contribution in [0.2, 0.25) is 5.02 Å². The molecule has 2 rings (SSSR count). The summed E-state index contributed by atoms with van der Waals surface area (Å²) in [6.07, 6.45) is 1.60. The van der Waals surface area contributed by atoms with E-state index in [0.29, 0.717) is 21.3 Å². The van der Waals surface area contributed by atoms with Crippen LogP contribution in [0.4, 0.5) is 10.1 Å². The van der Waals surface area contributed by atoms with E-state index in [-0.39, 0.29) is 24.2 Å². The smallest absolute Gasteiger partial charge is 0.244 e. The zero-order chi connectivity index (χ0) is 24.8. The first-order valence-corrected chi connectivity index (χ1v) is 12.7. The van der Waals surface area contributed by atoms with Gasteiger partial charge in [0.2, 0.25) is 21.8 Å². The minimum absolute atomic E-state index is 0.0172. The highest BCUT2D eigenvalue weighted by Gasteiger charge is 2.31. The maximum Gasteiger partial charge on any atom is 0.244 e. The van der Waals surface area contributed by atoms with Crippen LogP contribution >= 0.6 is 11.6 Å². The van der Waals surface area contributed by atoms with Crippen LogP contribution in [0.5, 0.6) is 0 Å². The lowest BCUT2D eigenvalue weighted by Gasteiger charge is -2.32. The summed E-state index contributed by atoms with van der Waals surface area (Å²) in [5.74, 6) is -1.81. The topological polar surface area (TPSA) is 86.8 Å². The molecule has 2 amide bonds. The van der Waals surface area contributed by atoms with E-state index in [2.05, 4.69) is 5.32 Å². The number of para-hydroxylation sites is 1. The number of benzene rings is 2. The molecule has 7 nitrogen and oxygen atoms in total. The Bertz CT molecular complexity index is 1100. The standard InChI is InChI=1S/C23H29ClFN3O4S/c1-5-16(2)26-23(30)17(3)27(14-18-9-8-10-19(24)13-18)22(29)15-28(33(4,31)32)21-12-7-6-11-20(21)25/h6-13,16-17H,5,14-15H2,1-4H3,(H,26,30)/t16-,17-/m0/s1. The van der Waals surface area contributed by atoms with Gasteiger partial charge in [0, 0.05) is 17.6 Å². The van der Waals surface area contributed by atoms with E-state index in [9.17, 15) is 22.4 Å². The van der Waals surface area contributed by atoms with Crippen molar-refractivity contribution in [3.8, 4) is 0 Å². The van der Waals surface area contributed by atoms with Crippen molar-refractivity contribution in [1.29, 1.82) is 0 Å². The zero-order valence-electron chi connectivity index (χ0n) is 19.1. The van der Waals surface area contributed by atoms with Gasteiger partial charge in [-0.05, 0) is 50.1 Å². The van der Waals surface area contributed by atoms with Crippen LogP contribution < -0.4 is 9.62 Å². The highest BCUT2D eigenvalue weighted by Crippen LogP contribution is 2.22. The third-order valence-corrected chi connectivity index (χ3v) is 6.57. The Balaban J connectivity index is 2.40. The molecule has 0 heterocycles. The molecular weight excluding hydrogens is 469 g/mol. The van der Waals surface area contributed by atoms with Crippen molar-refractivity contribution >= 4 is 39.1 Å². The summed E-state index contributed by atoms with van der Waals surface area (Å²) < 4.78 is 39.9. The number of carbonyl (C=O) groups excluding carboxylic acids is 2. The molecule has 0 unspecified atom stereocenters. The molecule has 0 aliphatic carbocycles. The van der Waals surface area contributed by atoms with Gasteiger partial charge in [0.15, 0.2) is 0 Å². The number of rotatable bonds is 10. The van der Waals surface area contributed by atoms with Gasteiger partial charge in [-0.2, -0.15) is 0 Å². The average molecular weight is 498 g/mol. The lowest BCUT2D eigenvalue weighted by Crippen LogP contribution is -2.52. The van der Waals surface area contributed by atoms with Gasteiger partial charge in [-0.25, -0.2) is 12.8 Å². The van der Waals surface area contributed by atoms with Crippen LogP contribution in [0, 0.1) is 5.82 Å². The summed E-state index contributed by atoms with van der Waals surface area (Å²) in [4.78, 5) is 27.4. The minimum Gasteiger partial charge on any atom is -0.352 e. The second-order valence-corrected chi connectivity index (χ2v) is 10.2. The third kappa shape index (κ3) is 7.43. The van der Waals surface area contributed by atoms with Crippen molar-refractivity contribution in [2.24, 2.45) is 0 Å². The van der Waals surface area contributed by atoms with E-state index in [1.807, 2.05) is 13.8 Å². The summed E-state index contributed by atoms with van der Waals surface area (Å²) in [5, 5.41) is 3.29. The van der Waals surface area contributed by atoms with Gasteiger partial charge >= 0.3 is 0 Å². The van der Waals surface area contributed by atoms with Gasteiger partial charge in [-0.3, -0.25) is 13.9 Å². The lowest BCUT2D eigenvalue weighted by atomic mass is 10.1. The molecule has 0 saturated carbocycles. The monoisotopic (exact) mass is 497 g/mol. The number of carbonyl (C=O) groups is 2. The Hall–Kier alpha value is -2.65. The molecule has 1 N–H and O–H groups in total. The first-order chi connectivity index (χ1) is 15.4. The Kier molecular flexibility index (Phi) is 9.25. The molecular formula is C23H29ClFN3O4S. The Labute approximate surface area is 199 Å². The number of nitrogens with one attached hydrogen (secondary N) is 1. The zero-order valence-corrected chi connectivity index (χ0v) is 20.7. The van der Waals surface area contributed by atoms with Gasteiger partial charge in [-0.1, -0.05) is 42.8 Å². The fraction of sp³-hybridized carbons (Fsp3) is 0.391. The van der Waals surface area contributed by atoms with Crippen LogP contribution in [0.3, 0.4) is 0 Å². The number of hydrogen-bond acceptors (Lipinski definition) is 4. The van der Waals surface area contributed by atoms with Gasteiger partial charge in [-0.15, -0.1) is 0 Å². The summed E-state index contributed by atoms with van der Waals surface area (Å²) in [7, 11) is -3.99. The van der Waals surface area contributed by atoms with Crippen LogP contribution in [-0.4, -0.2) is 50.0 Å². The van der Waals surface area contributed by atoms with Crippen molar-refractivity contribution < 1.29 is 22.4 Å². The second kappa shape index (κ2) is 11.5. The Morgan fingerprint density at radius 3 is 2.36 bits per heavy atom. The second-order valence-electron chi connectivity index (χ2n) is 7.87. The summed E-state index contributed by atoms with van der Waals surface area (Å²) >= 11 is 6.07. The maximum absolute atomic E-state index is 14.4. The van der Waals surface area contributed by atoms with E-state index in [0.717, 1.165) is 12.3 Å². The molecule has 0 aliphatic heterocycles. The number of anilines is 1. The summed E-state index contributed by atoms with van der Waals surface area (Å²) in [6.45, 7) is 4.68. The summed E-state index contributed by atoms with van der Waals surface area (Å²) in [6, 6.07) is 11.1. The van der Waals surface area contributed by atoms with Gasteiger partial charge in [0.1, 0.15) is 18.4 Å². The van der Waals surface area contributed by atoms with Gasteiger partial charge in [0.25, 0.3) is 0 Å². The van der Waals surface area contributed by atoms with E-state index < -0.39 is 34.3 Å². The lowest BCUT2D eigenvalue weighted by molar-refractivity contribution is -0.139. The van der Waals surface area contributed by atoms with Crippen LogP contribution in [0.25, 0.3) is 0 Å².